The summed E-state index contributed by atoms with van der Waals surface area (Å²) in [5.74, 6) is -1.26. The van der Waals surface area contributed by atoms with Crippen LogP contribution >= 0.6 is 0 Å². The summed E-state index contributed by atoms with van der Waals surface area (Å²) in [7, 11) is 0. The molecular weight excluding hydrogens is 242 g/mol. The van der Waals surface area contributed by atoms with E-state index in [1.165, 1.54) is 12.1 Å². The second-order valence-corrected chi connectivity index (χ2v) is 3.22. The maximum absolute atomic E-state index is 11.6. The highest BCUT2D eigenvalue weighted by atomic mass is 16.6. The van der Waals surface area contributed by atoms with Crippen molar-refractivity contribution < 1.29 is 14.8 Å². The number of aromatic amines is 1. The van der Waals surface area contributed by atoms with Gasteiger partial charge in [0.25, 0.3) is 11.6 Å². The fraction of sp³-hybridized carbons (Fsp3) is 0. The molecule has 92 valence electrons. The number of rotatable bonds is 3. The van der Waals surface area contributed by atoms with Crippen LogP contribution in [0.1, 0.15) is 10.6 Å². The van der Waals surface area contributed by atoms with E-state index >= 15 is 0 Å². The molecule has 0 aliphatic carbocycles. The minimum absolute atomic E-state index is 0.118. The lowest BCUT2D eigenvalue weighted by Gasteiger charge is -2.05. The first-order valence-corrected chi connectivity index (χ1v) is 4.72. The Hall–Kier alpha value is -2.97. The highest BCUT2D eigenvalue weighted by Crippen LogP contribution is 2.33. The molecule has 0 aliphatic heterocycles. The van der Waals surface area contributed by atoms with Gasteiger partial charge in [0.2, 0.25) is 5.82 Å². The van der Waals surface area contributed by atoms with Gasteiger partial charge in [-0.1, -0.05) is 6.07 Å². The largest absolute Gasteiger partial charge is 0.505 e. The van der Waals surface area contributed by atoms with Crippen LogP contribution < -0.4 is 5.32 Å². The Balaban J connectivity index is 2.34. The third kappa shape index (κ3) is 2.09. The van der Waals surface area contributed by atoms with Gasteiger partial charge in [0.05, 0.1) is 4.92 Å². The third-order valence-corrected chi connectivity index (χ3v) is 2.09. The number of hydrogen-bond donors (Lipinski definition) is 3. The van der Waals surface area contributed by atoms with Gasteiger partial charge in [0.15, 0.2) is 5.69 Å². The molecule has 0 bridgehead atoms. The number of phenols is 1. The van der Waals surface area contributed by atoms with E-state index < -0.39 is 22.3 Å². The summed E-state index contributed by atoms with van der Waals surface area (Å²) in [6.45, 7) is 0. The highest BCUT2D eigenvalue weighted by molar-refractivity contribution is 6.03. The monoisotopic (exact) mass is 249 g/mol. The number of aromatic nitrogens is 3. The molecule has 1 amide bonds. The first kappa shape index (κ1) is 11.5. The zero-order valence-electron chi connectivity index (χ0n) is 8.82. The van der Waals surface area contributed by atoms with E-state index in [2.05, 4.69) is 20.5 Å². The average molecular weight is 249 g/mol. The van der Waals surface area contributed by atoms with Crippen LogP contribution in [0.4, 0.5) is 11.4 Å². The number of amides is 1. The lowest BCUT2D eigenvalue weighted by Crippen LogP contribution is -2.15. The second kappa shape index (κ2) is 4.49. The molecule has 2 aromatic rings. The van der Waals surface area contributed by atoms with E-state index in [-0.39, 0.29) is 11.5 Å². The topological polar surface area (TPSA) is 134 Å². The fourth-order valence-corrected chi connectivity index (χ4v) is 1.30. The van der Waals surface area contributed by atoms with Gasteiger partial charge in [0.1, 0.15) is 12.1 Å². The summed E-state index contributed by atoms with van der Waals surface area (Å²) < 4.78 is 0. The van der Waals surface area contributed by atoms with Crippen LogP contribution in [-0.2, 0) is 0 Å². The molecule has 18 heavy (non-hydrogen) atoms. The van der Waals surface area contributed by atoms with Crippen molar-refractivity contribution in [3.63, 3.8) is 0 Å². The van der Waals surface area contributed by atoms with Gasteiger partial charge in [-0.15, -0.1) is 0 Å². The number of nitro benzene ring substituents is 1. The van der Waals surface area contributed by atoms with Crippen LogP contribution in [-0.4, -0.2) is 31.1 Å². The summed E-state index contributed by atoms with van der Waals surface area (Å²) in [6.07, 6.45) is 1.12. The first-order valence-electron chi connectivity index (χ1n) is 4.72. The van der Waals surface area contributed by atoms with Crippen LogP contribution in [0.25, 0.3) is 0 Å². The van der Waals surface area contributed by atoms with Gasteiger partial charge < -0.3 is 10.4 Å². The molecule has 9 nitrogen and oxygen atoms in total. The fourth-order valence-electron chi connectivity index (χ4n) is 1.30. The van der Waals surface area contributed by atoms with E-state index in [9.17, 15) is 20.0 Å². The van der Waals surface area contributed by atoms with Crippen LogP contribution in [0.15, 0.2) is 24.5 Å². The van der Waals surface area contributed by atoms with Gasteiger partial charge in [-0.05, 0) is 6.07 Å². The van der Waals surface area contributed by atoms with Crippen LogP contribution in [0.2, 0.25) is 0 Å². The summed E-state index contributed by atoms with van der Waals surface area (Å²) in [5.41, 5.74) is -0.702. The number of anilines is 1. The molecule has 1 aromatic carbocycles. The number of phenolic OH excluding ortho intramolecular Hbond substituents is 1. The molecule has 0 unspecified atom stereocenters. The lowest BCUT2D eigenvalue weighted by atomic mass is 10.2. The Morgan fingerprint density at radius 3 is 2.89 bits per heavy atom. The molecule has 9 heteroatoms. The number of hydrogen-bond acceptors (Lipinski definition) is 6. The van der Waals surface area contributed by atoms with Gasteiger partial charge in [-0.25, -0.2) is 4.98 Å². The van der Waals surface area contributed by atoms with Crippen molar-refractivity contribution in [1.82, 2.24) is 15.2 Å². The number of H-pyrrole nitrogens is 1. The van der Waals surface area contributed by atoms with Crippen molar-refractivity contribution in [3.8, 4) is 5.75 Å². The van der Waals surface area contributed by atoms with Crippen molar-refractivity contribution in [2.75, 3.05) is 5.32 Å². The highest BCUT2D eigenvalue weighted by Gasteiger charge is 2.21. The molecule has 0 fully saturated rings. The Morgan fingerprint density at radius 2 is 2.28 bits per heavy atom. The predicted molar refractivity (Wildman–Crippen MR) is 59.1 cm³/mol. The van der Waals surface area contributed by atoms with Crippen molar-refractivity contribution in [2.45, 2.75) is 0 Å². The van der Waals surface area contributed by atoms with Crippen molar-refractivity contribution in [1.29, 1.82) is 0 Å². The Kier molecular flexibility index (Phi) is 2.87. The number of para-hydroxylation sites is 1. The first-order chi connectivity index (χ1) is 8.59. The predicted octanol–water partition coefficient (Wildman–Crippen LogP) is 0.671. The molecule has 1 heterocycles. The van der Waals surface area contributed by atoms with E-state index in [0.717, 1.165) is 12.4 Å². The molecule has 0 saturated heterocycles. The van der Waals surface area contributed by atoms with E-state index in [1.807, 2.05) is 0 Å². The van der Waals surface area contributed by atoms with Gasteiger partial charge in [-0.3, -0.25) is 20.0 Å². The maximum Gasteiger partial charge on any atom is 0.296 e. The van der Waals surface area contributed by atoms with Crippen LogP contribution in [0.3, 0.4) is 0 Å². The Bertz CT molecular complexity index is 595. The number of aromatic hydroxyl groups is 1. The molecule has 0 spiro atoms. The number of nitrogens with zero attached hydrogens (tertiary/aromatic N) is 3. The minimum Gasteiger partial charge on any atom is -0.505 e. The standard InChI is InChI=1S/C9H7N5O4/c15-6-3-1-2-5(14(17)18)7(6)12-9(16)8-10-4-11-13-8/h1-4,15H,(H,12,16)(H,10,11,13). The number of nitro groups is 1. The number of carbonyl (C=O) groups is 1. The molecule has 0 radical (unpaired) electrons. The van der Waals surface area contributed by atoms with Crippen LogP contribution in [0, 0.1) is 10.1 Å². The summed E-state index contributed by atoms with van der Waals surface area (Å²) in [4.78, 5) is 25.2. The molecule has 3 N–H and O–H groups in total. The molecule has 0 aliphatic rings. The number of nitrogens with one attached hydrogen (secondary N) is 2. The summed E-state index contributed by atoms with van der Waals surface area (Å²) in [6, 6.07) is 3.69. The number of carbonyl (C=O) groups excluding carboxylic acids is 1. The molecule has 0 atom stereocenters. The SMILES string of the molecule is O=C(Nc1c(O)cccc1[N+](=O)[O-])c1ncn[nH]1. The third-order valence-electron chi connectivity index (χ3n) is 2.09. The van der Waals surface area contributed by atoms with Gasteiger partial charge >= 0.3 is 0 Å². The zero-order valence-corrected chi connectivity index (χ0v) is 8.82. The van der Waals surface area contributed by atoms with Crippen molar-refractivity contribution >= 4 is 17.3 Å². The molecule has 1 aromatic heterocycles. The van der Waals surface area contributed by atoms with Gasteiger partial charge in [-0.2, -0.15) is 5.10 Å². The molecule has 0 saturated carbocycles. The number of benzene rings is 1. The quantitative estimate of drug-likeness (QED) is 0.415. The van der Waals surface area contributed by atoms with E-state index in [4.69, 9.17) is 0 Å². The van der Waals surface area contributed by atoms with Crippen molar-refractivity contribution in [3.05, 3.63) is 40.5 Å². The van der Waals surface area contributed by atoms with E-state index in [0.29, 0.717) is 0 Å². The minimum atomic E-state index is -0.739. The summed E-state index contributed by atoms with van der Waals surface area (Å²) >= 11 is 0. The smallest absolute Gasteiger partial charge is 0.296 e. The zero-order chi connectivity index (χ0) is 13.1. The van der Waals surface area contributed by atoms with Crippen molar-refractivity contribution in [2.24, 2.45) is 0 Å². The maximum atomic E-state index is 11.6. The Morgan fingerprint density at radius 1 is 1.50 bits per heavy atom. The van der Waals surface area contributed by atoms with Crippen LogP contribution in [0.5, 0.6) is 5.75 Å². The van der Waals surface area contributed by atoms with E-state index in [1.54, 1.807) is 0 Å². The normalized spacial score (nSPS) is 10.0. The Labute approximate surface area is 99.6 Å². The average Bonchev–Trinajstić information content (AvgIpc) is 2.85. The molecular formula is C9H7N5O4. The van der Waals surface area contributed by atoms with Gasteiger partial charge in [0, 0.05) is 6.07 Å². The summed E-state index contributed by atoms with van der Waals surface area (Å²) in [5, 5.41) is 28.2. The second-order valence-electron chi connectivity index (χ2n) is 3.22. The molecule has 2 rings (SSSR count). The lowest BCUT2D eigenvalue weighted by molar-refractivity contribution is -0.384.